The van der Waals surface area contributed by atoms with E-state index in [9.17, 15) is 13.2 Å². The highest BCUT2D eigenvalue weighted by molar-refractivity contribution is 7.93. The molecular formula is C13H14N4O3S. The molecule has 0 bridgehead atoms. The van der Waals surface area contributed by atoms with Crippen molar-refractivity contribution in [2.45, 2.75) is 13.3 Å². The number of aromatic nitrogens is 3. The topological polar surface area (TPSA) is 85.2 Å². The van der Waals surface area contributed by atoms with Gasteiger partial charge in [-0.25, -0.2) is 18.1 Å². The molecule has 0 atom stereocenters. The summed E-state index contributed by atoms with van der Waals surface area (Å²) in [5.74, 6) is 0.654. The molecule has 1 aliphatic heterocycles. The second-order valence-corrected chi connectivity index (χ2v) is 6.92. The highest BCUT2D eigenvalue weighted by Crippen LogP contribution is 2.26. The number of pyridine rings is 1. The Balaban J connectivity index is 2.06. The van der Waals surface area contributed by atoms with Crippen molar-refractivity contribution >= 4 is 22.0 Å². The van der Waals surface area contributed by atoms with Crippen molar-refractivity contribution in [2.24, 2.45) is 0 Å². The monoisotopic (exact) mass is 306 g/mol. The van der Waals surface area contributed by atoms with E-state index >= 15 is 0 Å². The summed E-state index contributed by atoms with van der Waals surface area (Å²) >= 11 is 0. The summed E-state index contributed by atoms with van der Waals surface area (Å²) in [7, 11) is -3.24. The fourth-order valence-corrected chi connectivity index (χ4v) is 3.90. The summed E-state index contributed by atoms with van der Waals surface area (Å²) in [4.78, 5) is 15.1. The number of rotatable bonds is 3. The predicted octanol–water partition coefficient (Wildman–Crippen LogP) is 0.928. The third-order valence-corrected chi connectivity index (χ3v) is 5.15. The molecule has 2 aromatic heterocycles. The second-order valence-electron chi connectivity index (χ2n) is 4.90. The highest BCUT2D eigenvalue weighted by Gasteiger charge is 2.29. The van der Waals surface area contributed by atoms with Crippen molar-refractivity contribution in [1.29, 1.82) is 0 Å². The Kier molecular flexibility index (Phi) is 3.25. The molecule has 1 saturated heterocycles. The van der Waals surface area contributed by atoms with Crippen LogP contribution in [0.1, 0.15) is 22.5 Å². The van der Waals surface area contributed by atoms with Crippen molar-refractivity contribution in [1.82, 2.24) is 14.8 Å². The SMILES string of the molecule is Cc1cc(N2CCCS2(=O)=O)cc(-n2cc(C=O)cn2)n1. The van der Waals surface area contributed by atoms with Crippen LogP contribution in [0.15, 0.2) is 24.5 Å². The Hall–Kier alpha value is -2.22. The first-order chi connectivity index (χ1) is 9.99. The van der Waals surface area contributed by atoms with Gasteiger partial charge in [0, 0.05) is 24.5 Å². The van der Waals surface area contributed by atoms with E-state index in [0.717, 1.165) is 0 Å². The Morgan fingerprint density at radius 2 is 2.14 bits per heavy atom. The number of hydrogen-bond donors (Lipinski definition) is 0. The van der Waals surface area contributed by atoms with E-state index in [2.05, 4.69) is 10.1 Å². The lowest BCUT2D eigenvalue weighted by atomic mass is 10.3. The van der Waals surface area contributed by atoms with Crippen LogP contribution < -0.4 is 4.31 Å². The minimum atomic E-state index is -3.24. The minimum absolute atomic E-state index is 0.167. The van der Waals surface area contributed by atoms with E-state index in [1.807, 2.05) is 0 Å². The molecule has 7 nitrogen and oxygen atoms in total. The van der Waals surface area contributed by atoms with E-state index in [-0.39, 0.29) is 5.75 Å². The molecule has 1 aliphatic rings. The van der Waals surface area contributed by atoms with Crippen LogP contribution in [-0.2, 0) is 10.0 Å². The molecule has 3 heterocycles. The lowest BCUT2D eigenvalue weighted by Crippen LogP contribution is -2.25. The number of nitrogens with zero attached hydrogens (tertiary/aromatic N) is 4. The van der Waals surface area contributed by atoms with Gasteiger partial charge in [0.05, 0.1) is 23.2 Å². The van der Waals surface area contributed by atoms with Crippen LogP contribution in [0.25, 0.3) is 5.82 Å². The van der Waals surface area contributed by atoms with E-state index in [0.29, 0.717) is 42.0 Å². The van der Waals surface area contributed by atoms with Crippen molar-refractivity contribution in [3.8, 4) is 5.82 Å². The van der Waals surface area contributed by atoms with Crippen LogP contribution in [0.5, 0.6) is 0 Å². The molecule has 21 heavy (non-hydrogen) atoms. The largest absolute Gasteiger partial charge is 0.298 e. The van der Waals surface area contributed by atoms with E-state index in [1.54, 1.807) is 25.3 Å². The average molecular weight is 306 g/mol. The first kappa shape index (κ1) is 13.7. The zero-order valence-corrected chi connectivity index (χ0v) is 12.2. The summed E-state index contributed by atoms with van der Waals surface area (Å²) < 4.78 is 26.9. The van der Waals surface area contributed by atoms with E-state index in [4.69, 9.17) is 0 Å². The molecule has 0 amide bonds. The van der Waals surface area contributed by atoms with Gasteiger partial charge in [-0.2, -0.15) is 5.10 Å². The Morgan fingerprint density at radius 1 is 1.33 bits per heavy atom. The number of sulfonamides is 1. The molecule has 1 fully saturated rings. The fourth-order valence-electron chi connectivity index (χ4n) is 2.35. The molecule has 0 unspecified atom stereocenters. The van der Waals surface area contributed by atoms with Crippen LogP contribution in [0.4, 0.5) is 5.69 Å². The quantitative estimate of drug-likeness (QED) is 0.787. The standard InChI is InChI=1S/C13H14N4O3S/c1-10-5-12(17-3-2-4-21(17,19)20)6-13(15-10)16-8-11(9-18)7-14-16/h5-9H,2-4H2,1H3. The Morgan fingerprint density at radius 3 is 2.76 bits per heavy atom. The van der Waals surface area contributed by atoms with Crippen LogP contribution >= 0.6 is 0 Å². The van der Waals surface area contributed by atoms with Gasteiger partial charge >= 0.3 is 0 Å². The van der Waals surface area contributed by atoms with Gasteiger partial charge in [-0.3, -0.25) is 9.10 Å². The van der Waals surface area contributed by atoms with Gasteiger partial charge < -0.3 is 0 Å². The highest BCUT2D eigenvalue weighted by atomic mass is 32.2. The summed E-state index contributed by atoms with van der Waals surface area (Å²) in [6.07, 6.45) is 4.31. The molecule has 3 rings (SSSR count). The molecule has 2 aromatic rings. The third kappa shape index (κ3) is 2.54. The van der Waals surface area contributed by atoms with Crippen molar-refractivity contribution in [3.05, 3.63) is 35.8 Å². The molecule has 0 N–H and O–H groups in total. The average Bonchev–Trinajstić information content (AvgIpc) is 3.03. The molecule has 8 heteroatoms. The molecule has 0 spiro atoms. The van der Waals surface area contributed by atoms with Crippen molar-refractivity contribution in [2.75, 3.05) is 16.6 Å². The normalized spacial score (nSPS) is 17.1. The number of carbonyl (C=O) groups excluding carboxylic acids is 1. The minimum Gasteiger partial charge on any atom is -0.298 e. The maximum absolute atomic E-state index is 12.0. The molecule has 0 radical (unpaired) electrons. The first-order valence-corrected chi connectivity index (χ1v) is 8.10. The number of anilines is 1. The maximum atomic E-state index is 12.0. The molecule has 0 aliphatic carbocycles. The van der Waals surface area contributed by atoms with Gasteiger partial charge in [0.25, 0.3) is 0 Å². The third-order valence-electron chi connectivity index (χ3n) is 3.29. The summed E-state index contributed by atoms with van der Waals surface area (Å²) in [5.41, 5.74) is 1.71. The van der Waals surface area contributed by atoms with Crippen LogP contribution in [0, 0.1) is 6.92 Å². The number of aryl methyl sites for hydroxylation is 1. The van der Waals surface area contributed by atoms with Gasteiger partial charge in [0.1, 0.15) is 0 Å². The van der Waals surface area contributed by atoms with Crippen LogP contribution in [0.3, 0.4) is 0 Å². The number of hydrogen-bond acceptors (Lipinski definition) is 5. The second kappa shape index (κ2) is 4.96. The van der Waals surface area contributed by atoms with Crippen LogP contribution in [0.2, 0.25) is 0 Å². The van der Waals surface area contributed by atoms with E-state index < -0.39 is 10.0 Å². The number of carbonyl (C=O) groups is 1. The summed E-state index contributed by atoms with van der Waals surface area (Å²) in [6.45, 7) is 2.27. The maximum Gasteiger partial charge on any atom is 0.235 e. The molecule has 110 valence electrons. The summed E-state index contributed by atoms with van der Waals surface area (Å²) in [5, 5.41) is 4.06. The van der Waals surface area contributed by atoms with Crippen molar-refractivity contribution in [3.63, 3.8) is 0 Å². The Labute approximate surface area is 122 Å². The molecular weight excluding hydrogens is 292 g/mol. The van der Waals surface area contributed by atoms with Gasteiger partial charge in [-0.05, 0) is 19.4 Å². The van der Waals surface area contributed by atoms with Crippen LogP contribution in [-0.4, -0.2) is 41.8 Å². The smallest absolute Gasteiger partial charge is 0.235 e. The fraction of sp³-hybridized carbons (Fsp3) is 0.308. The van der Waals surface area contributed by atoms with Crippen molar-refractivity contribution < 1.29 is 13.2 Å². The predicted molar refractivity (Wildman–Crippen MR) is 77.2 cm³/mol. The van der Waals surface area contributed by atoms with Gasteiger partial charge in [-0.15, -0.1) is 0 Å². The van der Waals surface area contributed by atoms with E-state index in [1.165, 1.54) is 15.2 Å². The van der Waals surface area contributed by atoms with Gasteiger partial charge in [0.15, 0.2) is 12.1 Å². The zero-order valence-electron chi connectivity index (χ0n) is 11.4. The lowest BCUT2D eigenvalue weighted by molar-refractivity contribution is 0.112. The Bertz CT molecular complexity index is 797. The molecule has 0 aromatic carbocycles. The number of aldehydes is 1. The first-order valence-electron chi connectivity index (χ1n) is 6.49. The zero-order chi connectivity index (χ0) is 15.0. The van der Waals surface area contributed by atoms with Gasteiger partial charge in [0.2, 0.25) is 10.0 Å². The lowest BCUT2D eigenvalue weighted by Gasteiger charge is -2.18. The summed E-state index contributed by atoms with van der Waals surface area (Å²) in [6, 6.07) is 3.40. The molecule has 0 saturated carbocycles. The van der Waals surface area contributed by atoms with Gasteiger partial charge in [-0.1, -0.05) is 0 Å².